The summed E-state index contributed by atoms with van der Waals surface area (Å²) in [6.07, 6.45) is 3.21. The molecule has 0 bridgehead atoms. The van der Waals surface area contributed by atoms with Crippen molar-refractivity contribution in [2.24, 2.45) is 5.92 Å². The molecule has 0 amide bonds. The van der Waals surface area contributed by atoms with Crippen molar-refractivity contribution in [3.63, 3.8) is 0 Å². The fraction of sp³-hybridized carbons (Fsp3) is 1.00. The van der Waals surface area contributed by atoms with E-state index in [1.54, 1.807) is 0 Å². The average Bonchev–Trinajstić information content (AvgIpc) is 2.87. The van der Waals surface area contributed by atoms with Crippen LogP contribution in [-0.4, -0.2) is 57.4 Å². The van der Waals surface area contributed by atoms with Gasteiger partial charge in [0.15, 0.2) is 0 Å². The van der Waals surface area contributed by atoms with Crippen molar-refractivity contribution in [2.75, 3.05) is 35.4 Å². The average molecular weight is 307 g/mol. The first-order valence-corrected chi connectivity index (χ1v) is 10.2. The zero-order valence-electron chi connectivity index (χ0n) is 10.7. The van der Waals surface area contributed by atoms with Crippen molar-refractivity contribution < 1.29 is 9.84 Å². The predicted molar refractivity (Wildman–Crippen MR) is 82.9 cm³/mol. The number of rotatable bonds is 2. The van der Waals surface area contributed by atoms with E-state index in [0.717, 1.165) is 31.0 Å². The highest BCUT2D eigenvalue weighted by Gasteiger charge is 2.43. The quantitative estimate of drug-likeness (QED) is 0.847. The standard InChI is InChI=1S/C13H22O2S3/c14-12(11-8-16-5-6-18-11)10-1-3-15-13(7-10)2-4-17-9-13/h10-12,14H,1-9H2. The lowest BCUT2D eigenvalue weighted by Gasteiger charge is -2.41. The van der Waals surface area contributed by atoms with E-state index in [2.05, 4.69) is 0 Å². The van der Waals surface area contributed by atoms with Crippen LogP contribution in [0.25, 0.3) is 0 Å². The minimum absolute atomic E-state index is 0.112. The summed E-state index contributed by atoms with van der Waals surface area (Å²) in [7, 11) is 0. The second-order valence-electron chi connectivity index (χ2n) is 5.56. The van der Waals surface area contributed by atoms with Crippen molar-refractivity contribution in [3.8, 4) is 0 Å². The van der Waals surface area contributed by atoms with Gasteiger partial charge < -0.3 is 9.84 Å². The third kappa shape index (κ3) is 3.00. The molecule has 0 aliphatic carbocycles. The molecular formula is C13H22O2S3. The normalized spacial score (nSPS) is 43.2. The van der Waals surface area contributed by atoms with Crippen LogP contribution in [0, 0.1) is 5.92 Å². The Kier molecular flexibility index (Phi) is 4.77. The molecule has 0 radical (unpaired) electrons. The summed E-state index contributed by atoms with van der Waals surface area (Å²) >= 11 is 5.99. The lowest BCUT2D eigenvalue weighted by molar-refractivity contribution is -0.100. The third-order valence-corrected chi connectivity index (χ3v) is 8.40. The topological polar surface area (TPSA) is 29.5 Å². The number of aliphatic hydroxyl groups is 1. The largest absolute Gasteiger partial charge is 0.392 e. The fourth-order valence-electron chi connectivity index (χ4n) is 3.23. The zero-order chi connectivity index (χ0) is 12.4. The highest BCUT2D eigenvalue weighted by atomic mass is 32.2. The molecule has 3 fully saturated rings. The molecule has 3 saturated heterocycles. The Balaban J connectivity index is 1.60. The van der Waals surface area contributed by atoms with Gasteiger partial charge in [0.1, 0.15) is 0 Å². The number of hydrogen-bond donors (Lipinski definition) is 1. The maximum atomic E-state index is 10.6. The van der Waals surface area contributed by atoms with Crippen LogP contribution in [0.3, 0.4) is 0 Å². The molecule has 3 aliphatic heterocycles. The summed E-state index contributed by atoms with van der Waals surface area (Å²) in [5.74, 6) is 6.43. The molecule has 3 rings (SSSR count). The van der Waals surface area contributed by atoms with Gasteiger partial charge in [0.25, 0.3) is 0 Å². The molecule has 0 aromatic heterocycles. The molecular weight excluding hydrogens is 284 g/mol. The van der Waals surface area contributed by atoms with Gasteiger partial charge in [0.05, 0.1) is 11.7 Å². The van der Waals surface area contributed by atoms with Gasteiger partial charge in [-0.3, -0.25) is 0 Å². The van der Waals surface area contributed by atoms with E-state index in [4.69, 9.17) is 4.74 Å². The van der Waals surface area contributed by atoms with Crippen LogP contribution in [0.1, 0.15) is 19.3 Å². The van der Waals surface area contributed by atoms with E-state index in [0.29, 0.717) is 11.2 Å². The van der Waals surface area contributed by atoms with Gasteiger partial charge in [-0.15, -0.1) is 0 Å². The predicted octanol–water partition coefficient (Wildman–Crippen LogP) is 2.50. The van der Waals surface area contributed by atoms with Crippen molar-refractivity contribution in [2.45, 2.75) is 36.2 Å². The van der Waals surface area contributed by atoms with E-state index >= 15 is 0 Å². The second-order valence-corrected chi connectivity index (χ2v) is 9.16. The van der Waals surface area contributed by atoms with Crippen molar-refractivity contribution >= 4 is 35.3 Å². The Bertz CT molecular complexity index is 275. The minimum Gasteiger partial charge on any atom is -0.392 e. The van der Waals surface area contributed by atoms with E-state index in [-0.39, 0.29) is 11.7 Å². The molecule has 1 spiro atoms. The number of ether oxygens (including phenoxy) is 1. The summed E-state index contributed by atoms with van der Waals surface area (Å²) in [5.41, 5.74) is 0.112. The monoisotopic (exact) mass is 306 g/mol. The Hall–Kier alpha value is 0.970. The first kappa shape index (κ1) is 13.9. The van der Waals surface area contributed by atoms with E-state index < -0.39 is 0 Å². The molecule has 0 saturated carbocycles. The highest BCUT2D eigenvalue weighted by Crippen LogP contribution is 2.43. The summed E-state index contributed by atoms with van der Waals surface area (Å²) in [5, 5.41) is 11.1. The zero-order valence-corrected chi connectivity index (χ0v) is 13.1. The maximum absolute atomic E-state index is 10.6. The van der Waals surface area contributed by atoms with Crippen LogP contribution >= 0.6 is 35.3 Å². The molecule has 0 aromatic carbocycles. The molecule has 18 heavy (non-hydrogen) atoms. The maximum Gasteiger partial charge on any atom is 0.0783 e. The van der Waals surface area contributed by atoms with Crippen LogP contribution in [-0.2, 0) is 4.74 Å². The summed E-state index contributed by atoms with van der Waals surface area (Å²) in [6.45, 7) is 0.854. The highest BCUT2D eigenvalue weighted by molar-refractivity contribution is 8.06. The molecule has 4 unspecified atom stereocenters. The van der Waals surface area contributed by atoms with Gasteiger partial charge in [-0.2, -0.15) is 35.3 Å². The Morgan fingerprint density at radius 1 is 1.22 bits per heavy atom. The third-order valence-electron chi connectivity index (χ3n) is 4.30. The second kappa shape index (κ2) is 6.17. The van der Waals surface area contributed by atoms with Gasteiger partial charge in [-0.25, -0.2) is 0 Å². The number of thioether (sulfide) groups is 3. The summed E-state index contributed by atoms with van der Waals surface area (Å²) in [4.78, 5) is 0. The fourth-order valence-corrected chi connectivity index (χ4v) is 7.45. The van der Waals surface area contributed by atoms with Gasteiger partial charge in [0, 0.05) is 34.9 Å². The first-order chi connectivity index (χ1) is 8.79. The van der Waals surface area contributed by atoms with Crippen molar-refractivity contribution in [1.29, 1.82) is 0 Å². The lowest BCUT2D eigenvalue weighted by atomic mass is 9.81. The van der Waals surface area contributed by atoms with Gasteiger partial charge in [0.2, 0.25) is 0 Å². The Labute approximate surface area is 122 Å². The molecule has 3 aliphatic rings. The van der Waals surface area contributed by atoms with E-state index in [1.807, 2.05) is 35.3 Å². The van der Waals surface area contributed by atoms with Gasteiger partial charge in [-0.05, 0) is 30.9 Å². The van der Waals surface area contributed by atoms with Crippen LogP contribution in [0.15, 0.2) is 0 Å². The number of hydrogen-bond acceptors (Lipinski definition) is 5. The molecule has 0 aromatic rings. The smallest absolute Gasteiger partial charge is 0.0783 e. The molecule has 104 valence electrons. The van der Waals surface area contributed by atoms with E-state index in [1.165, 1.54) is 23.7 Å². The van der Waals surface area contributed by atoms with Crippen LogP contribution in [0.2, 0.25) is 0 Å². The van der Waals surface area contributed by atoms with Gasteiger partial charge in [-0.1, -0.05) is 0 Å². The van der Waals surface area contributed by atoms with E-state index in [9.17, 15) is 5.11 Å². The molecule has 4 atom stereocenters. The van der Waals surface area contributed by atoms with Crippen LogP contribution in [0.4, 0.5) is 0 Å². The van der Waals surface area contributed by atoms with Crippen molar-refractivity contribution in [1.82, 2.24) is 0 Å². The summed E-state index contributed by atoms with van der Waals surface area (Å²) in [6, 6.07) is 0. The SMILES string of the molecule is OC(C1CCOC2(CCSC2)C1)C1CSCCS1. The first-order valence-electron chi connectivity index (χ1n) is 6.88. The lowest BCUT2D eigenvalue weighted by Crippen LogP contribution is -2.46. The van der Waals surface area contributed by atoms with Crippen LogP contribution in [0.5, 0.6) is 0 Å². The van der Waals surface area contributed by atoms with Gasteiger partial charge >= 0.3 is 0 Å². The minimum atomic E-state index is -0.117. The molecule has 5 heteroatoms. The molecule has 3 heterocycles. The summed E-state index contributed by atoms with van der Waals surface area (Å²) < 4.78 is 6.05. The number of aliphatic hydroxyl groups excluding tert-OH is 1. The Morgan fingerprint density at radius 3 is 2.89 bits per heavy atom. The molecule has 2 nitrogen and oxygen atoms in total. The van der Waals surface area contributed by atoms with Crippen LogP contribution < -0.4 is 0 Å². The van der Waals surface area contributed by atoms with Crippen molar-refractivity contribution in [3.05, 3.63) is 0 Å². The Morgan fingerprint density at radius 2 is 2.17 bits per heavy atom. The molecule has 1 N–H and O–H groups in total.